The fraction of sp³-hybridized carbons (Fsp3) is 0.440. The van der Waals surface area contributed by atoms with E-state index in [4.69, 9.17) is 4.74 Å². The maximum atomic E-state index is 12.2. The highest BCUT2D eigenvalue weighted by molar-refractivity contribution is 6.00. The van der Waals surface area contributed by atoms with Gasteiger partial charge in [-0.1, -0.05) is 30.3 Å². The van der Waals surface area contributed by atoms with Gasteiger partial charge in [0.25, 0.3) is 5.91 Å². The first-order chi connectivity index (χ1) is 14.5. The number of carbonyl (C=O) groups is 2. The third-order valence-corrected chi connectivity index (χ3v) is 7.30. The number of aromatic carboxylic acids is 1. The minimum atomic E-state index is -1.33. The molecule has 0 heterocycles. The van der Waals surface area contributed by atoms with Crippen LogP contribution >= 0.6 is 0 Å². The van der Waals surface area contributed by atoms with Crippen LogP contribution in [0.5, 0.6) is 5.75 Å². The van der Waals surface area contributed by atoms with Crippen LogP contribution in [0.2, 0.25) is 0 Å². The molecule has 4 aliphatic carbocycles. The molecule has 1 N–H and O–H groups in total. The van der Waals surface area contributed by atoms with Crippen LogP contribution in [0.4, 0.5) is 5.69 Å². The van der Waals surface area contributed by atoms with E-state index < -0.39 is 11.9 Å². The number of anilines is 1. The number of rotatable bonds is 6. The molecule has 0 radical (unpaired) electrons. The Morgan fingerprint density at radius 1 is 0.933 bits per heavy atom. The van der Waals surface area contributed by atoms with E-state index in [1.54, 1.807) is 12.1 Å². The Labute approximate surface area is 176 Å². The molecule has 5 nitrogen and oxygen atoms in total. The van der Waals surface area contributed by atoms with Crippen LogP contribution < -0.4 is 15.2 Å². The van der Waals surface area contributed by atoms with Gasteiger partial charge in [0.05, 0.1) is 5.97 Å². The smallest absolute Gasteiger partial charge is 0.262 e. The molecule has 2 aromatic carbocycles. The Morgan fingerprint density at radius 3 is 2.13 bits per heavy atom. The topological polar surface area (TPSA) is 78.5 Å². The van der Waals surface area contributed by atoms with Crippen molar-refractivity contribution in [3.05, 3.63) is 59.7 Å². The quantitative estimate of drug-likeness (QED) is 0.799. The zero-order chi connectivity index (χ0) is 20.7. The number of carboxylic acid groups (broad SMARTS) is 1. The summed E-state index contributed by atoms with van der Waals surface area (Å²) in [5.74, 6) is 1.62. The minimum absolute atomic E-state index is 0.0502. The molecule has 0 saturated heterocycles. The van der Waals surface area contributed by atoms with Gasteiger partial charge in [0, 0.05) is 11.3 Å². The maximum Gasteiger partial charge on any atom is 0.262 e. The van der Waals surface area contributed by atoms with Crippen LogP contribution in [0.3, 0.4) is 0 Å². The fourth-order valence-electron chi connectivity index (χ4n) is 6.47. The molecule has 156 valence electrons. The lowest BCUT2D eigenvalue weighted by Gasteiger charge is -2.57. The van der Waals surface area contributed by atoms with Crippen molar-refractivity contribution in [1.82, 2.24) is 0 Å². The second-order valence-corrected chi connectivity index (χ2v) is 9.39. The van der Waals surface area contributed by atoms with Crippen molar-refractivity contribution in [1.29, 1.82) is 0 Å². The number of carboxylic acids is 1. The van der Waals surface area contributed by atoms with Crippen molar-refractivity contribution in [3.63, 3.8) is 0 Å². The van der Waals surface area contributed by atoms with Crippen LogP contribution in [-0.4, -0.2) is 18.5 Å². The third kappa shape index (κ3) is 3.57. The number of hydrogen-bond donors (Lipinski definition) is 1. The number of ether oxygens (including phenoxy) is 1. The normalized spacial score (nSPS) is 28.9. The van der Waals surface area contributed by atoms with Gasteiger partial charge < -0.3 is 20.0 Å². The highest BCUT2D eigenvalue weighted by Gasteiger charge is 2.51. The molecular weight excluding hydrogens is 378 g/mol. The Morgan fingerprint density at radius 2 is 1.53 bits per heavy atom. The van der Waals surface area contributed by atoms with Crippen molar-refractivity contribution >= 4 is 17.6 Å². The Balaban J connectivity index is 1.21. The van der Waals surface area contributed by atoms with Gasteiger partial charge >= 0.3 is 0 Å². The van der Waals surface area contributed by atoms with Crippen molar-refractivity contribution in [2.75, 3.05) is 11.9 Å². The van der Waals surface area contributed by atoms with Gasteiger partial charge in [-0.15, -0.1) is 0 Å². The lowest BCUT2D eigenvalue weighted by atomic mass is 9.48. The second-order valence-electron chi connectivity index (χ2n) is 9.39. The molecule has 0 spiro atoms. The van der Waals surface area contributed by atoms with E-state index in [-0.39, 0.29) is 17.9 Å². The lowest BCUT2D eigenvalue weighted by molar-refractivity contribution is -0.254. The Bertz CT molecular complexity index is 930. The van der Waals surface area contributed by atoms with Gasteiger partial charge in [-0.3, -0.25) is 4.79 Å². The monoisotopic (exact) mass is 404 g/mol. The Hall–Kier alpha value is -2.82. The number of nitrogens with one attached hydrogen (secondary N) is 1. The summed E-state index contributed by atoms with van der Waals surface area (Å²) in [6, 6.07) is 14.4. The molecule has 0 aromatic heterocycles. The van der Waals surface area contributed by atoms with E-state index in [0.717, 1.165) is 17.8 Å². The average Bonchev–Trinajstić information content (AvgIpc) is 2.72. The van der Waals surface area contributed by atoms with Gasteiger partial charge in [-0.2, -0.15) is 0 Å². The molecule has 30 heavy (non-hydrogen) atoms. The molecule has 4 saturated carbocycles. The van der Waals surface area contributed by atoms with Gasteiger partial charge in [0.15, 0.2) is 6.61 Å². The Kier molecular flexibility index (Phi) is 4.76. The van der Waals surface area contributed by atoms with E-state index >= 15 is 0 Å². The zero-order valence-electron chi connectivity index (χ0n) is 16.9. The van der Waals surface area contributed by atoms with Crippen LogP contribution in [0.15, 0.2) is 48.5 Å². The van der Waals surface area contributed by atoms with E-state index in [9.17, 15) is 14.7 Å². The summed E-state index contributed by atoms with van der Waals surface area (Å²) in [7, 11) is 0. The average molecular weight is 404 g/mol. The van der Waals surface area contributed by atoms with Crippen LogP contribution in [0.25, 0.3) is 0 Å². The predicted molar refractivity (Wildman–Crippen MR) is 111 cm³/mol. The molecule has 2 aromatic rings. The molecule has 0 unspecified atom stereocenters. The number of para-hydroxylation sites is 1. The van der Waals surface area contributed by atoms with E-state index in [1.165, 1.54) is 56.2 Å². The number of carbonyl (C=O) groups excluding carboxylic acids is 2. The van der Waals surface area contributed by atoms with Crippen molar-refractivity contribution < 1.29 is 19.4 Å². The van der Waals surface area contributed by atoms with E-state index in [0.29, 0.717) is 11.2 Å². The number of amides is 1. The van der Waals surface area contributed by atoms with Gasteiger partial charge in [-0.25, -0.2) is 0 Å². The van der Waals surface area contributed by atoms with Crippen LogP contribution in [0.1, 0.15) is 54.4 Å². The summed E-state index contributed by atoms with van der Waals surface area (Å²) in [5.41, 5.74) is 1.93. The van der Waals surface area contributed by atoms with E-state index in [1.807, 2.05) is 12.1 Å². The molecule has 6 rings (SSSR count). The van der Waals surface area contributed by atoms with Crippen LogP contribution in [-0.2, 0) is 10.2 Å². The maximum absolute atomic E-state index is 12.2. The first-order valence-electron chi connectivity index (χ1n) is 10.8. The minimum Gasteiger partial charge on any atom is -0.545 e. The first kappa shape index (κ1) is 19.2. The largest absolute Gasteiger partial charge is 0.545 e. The molecule has 1 amide bonds. The summed E-state index contributed by atoms with van der Waals surface area (Å²) < 4.78 is 5.64. The highest BCUT2D eigenvalue weighted by Crippen LogP contribution is 2.60. The number of hydrogen-bond acceptors (Lipinski definition) is 4. The summed E-state index contributed by atoms with van der Waals surface area (Å²) in [6.07, 6.45) is 8.24. The van der Waals surface area contributed by atoms with Crippen molar-refractivity contribution in [2.45, 2.75) is 43.9 Å². The molecule has 4 bridgehead atoms. The van der Waals surface area contributed by atoms with Gasteiger partial charge in [0.1, 0.15) is 5.75 Å². The van der Waals surface area contributed by atoms with Crippen LogP contribution in [0, 0.1) is 17.8 Å². The predicted octanol–water partition coefficient (Wildman–Crippen LogP) is 3.54. The fourth-order valence-corrected chi connectivity index (χ4v) is 6.47. The number of benzene rings is 2. The van der Waals surface area contributed by atoms with Crippen molar-refractivity contribution in [3.8, 4) is 5.75 Å². The summed E-state index contributed by atoms with van der Waals surface area (Å²) >= 11 is 0. The van der Waals surface area contributed by atoms with Gasteiger partial charge in [0.2, 0.25) is 0 Å². The SMILES string of the molecule is O=C(COc1ccc(C23CC4CC(CC(C4)C2)C3)cc1)Nc1ccccc1C(=O)[O-]. The standard InChI is InChI=1S/C25H27NO4/c27-23(26-22-4-2-1-3-21(22)24(28)29)15-30-20-7-5-19(6-8-20)25-12-16-9-17(13-25)11-18(10-16)14-25/h1-8,16-18H,9-15H2,(H,26,27)(H,28,29)/p-1. The zero-order valence-corrected chi connectivity index (χ0v) is 16.9. The third-order valence-electron chi connectivity index (χ3n) is 7.30. The molecule has 5 heteroatoms. The van der Waals surface area contributed by atoms with Crippen molar-refractivity contribution in [2.24, 2.45) is 17.8 Å². The molecular formula is C25H26NO4-. The molecule has 4 aliphatic rings. The van der Waals surface area contributed by atoms with E-state index in [2.05, 4.69) is 17.4 Å². The summed E-state index contributed by atoms with van der Waals surface area (Å²) in [4.78, 5) is 23.4. The first-order valence-corrected chi connectivity index (χ1v) is 10.8. The molecule has 0 atom stereocenters. The highest BCUT2D eigenvalue weighted by atomic mass is 16.5. The lowest BCUT2D eigenvalue weighted by Crippen LogP contribution is -2.48. The second kappa shape index (κ2) is 7.46. The summed E-state index contributed by atoms with van der Waals surface area (Å²) in [6.45, 7) is -0.182. The van der Waals surface area contributed by atoms with Gasteiger partial charge in [-0.05, 0) is 85.5 Å². The molecule has 0 aliphatic heterocycles. The molecule has 4 fully saturated rings. The summed E-state index contributed by atoms with van der Waals surface area (Å²) in [5, 5.41) is 13.7.